The number of alkyl halides is 3. The number of halogens is 4. The number of aromatic amines is 1. The molecular formula is C20H23F4N5O4S. The third-order valence-corrected chi connectivity index (χ3v) is 7.69. The van der Waals surface area contributed by atoms with Gasteiger partial charge in [-0.15, -0.1) is 0 Å². The van der Waals surface area contributed by atoms with Crippen molar-refractivity contribution >= 4 is 21.5 Å². The zero-order chi connectivity index (χ0) is 24.7. The third-order valence-electron chi connectivity index (χ3n) is 5.86. The van der Waals surface area contributed by atoms with Crippen LogP contribution in [0.25, 0.3) is 0 Å². The lowest BCUT2D eigenvalue weighted by atomic mass is 10.1. The van der Waals surface area contributed by atoms with E-state index in [1.807, 2.05) is 11.8 Å². The molecule has 0 amide bonds. The van der Waals surface area contributed by atoms with Gasteiger partial charge in [0.2, 0.25) is 10.0 Å². The molecule has 4 rings (SSSR count). The fourth-order valence-electron chi connectivity index (χ4n) is 4.17. The lowest BCUT2D eigenvalue weighted by Crippen LogP contribution is -2.60. The molecule has 0 aliphatic carbocycles. The molecule has 2 aliphatic rings. The van der Waals surface area contributed by atoms with Crippen molar-refractivity contribution in [3.05, 3.63) is 46.8 Å². The normalized spacial score (nSPS) is 22.7. The van der Waals surface area contributed by atoms with Crippen LogP contribution in [-0.2, 0) is 14.8 Å². The van der Waals surface area contributed by atoms with Crippen LogP contribution in [0.15, 0.2) is 40.3 Å². The van der Waals surface area contributed by atoms with Gasteiger partial charge in [0, 0.05) is 56.2 Å². The molecule has 1 N–H and O–H groups in total. The highest BCUT2D eigenvalue weighted by Gasteiger charge is 2.49. The van der Waals surface area contributed by atoms with Crippen molar-refractivity contribution in [1.82, 2.24) is 14.3 Å². The van der Waals surface area contributed by atoms with E-state index in [2.05, 4.69) is 9.97 Å². The Hall–Kier alpha value is -2.71. The summed E-state index contributed by atoms with van der Waals surface area (Å²) in [5.74, 6) is -0.980. The molecule has 0 bridgehead atoms. The molecule has 14 heteroatoms. The summed E-state index contributed by atoms with van der Waals surface area (Å²) < 4.78 is 87.5. The van der Waals surface area contributed by atoms with E-state index in [-0.39, 0.29) is 24.9 Å². The van der Waals surface area contributed by atoms with Gasteiger partial charge in [0.25, 0.3) is 5.56 Å². The maximum absolute atomic E-state index is 14.1. The summed E-state index contributed by atoms with van der Waals surface area (Å²) in [7, 11) is -4.41. The van der Waals surface area contributed by atoms with Crippen LogP contribution in [0.2, 0.25) is 0 Å². The van der Waals surface area contributed by atoms with E-state index in [9.17, 15) is 30.8 Å². The minimum absolute atomic E-state index is 0.0620. The predicted octanol–water partition coefficient (Wildman–Crippen LogP) is 1.58. The van der Waals surface area contributed by atoms with Crippen LogP contribution < -0.4 is 15.4 Å². The van der Waals surface area contributed by atoms with Crippen molar-refractivity contribution in [2.45, 2.75) is 30.1 Å². The van der Waals surface area contributed by atoms with Crippen LogP contribution >= 0.6 is 0 Å². The Labute approximate surface area is 193 Å². The molecule has 186 valence electrons. The molecule has 0 radical (unpaired) electrons. The van der Waals surface area contributed by atoms with Gasteiger partial charge in [-0.25, -0.2) is 12.8 Å². The van der Waals surface area contributed by atoms with Gasteiger partial charge in [-0.3, -0.25) is 9.78 Å². The van der Waals surface area contributed by atoms with Gasteiger partial charge in [-0.05, 0) is 13.0 Å². The Bertz CT molecular complexity index is 1210. The first kappa shape index (κ1) is 24.4. The summed E-state index contributed by atoms with van der Waals surface area (Å²) in [5, 5.41) is 0. The van der Waals surface area contributed by atoms with E-state index in [0.29, 0.717) is 35.8 Å². The number of piperazine rings is 1. The van der Waals surface area contributed by atoms with E-state index < -0.39 is 45.1 Å². The van der Waals surface area contributed by atoms with Crippen LogP contribution in [0.3, 0.4) is 0 Å². The number of hydrogen-bond donors (Lipinski definition) is 1. The average molecular weight is 505 g/mol. The number of ether oxygens (including phenoxy) is 1. The maximum atomic E-state index is 14.1. The Morgan fingerprint density at radius 2 is 1.88 bits per heavy atom. The molecule has 2 atom stereocenters. The SMILES string of the molecule is C[C@@H]1COCCN1c1cc(N2CCN(S(=O)(=O)c3cncc(F)c3)CC2C(F)(F)F)[nH]c(=O)c1. The Kier molecular flexibility index (Phi) is 6.57. The summed E-state index contributed by atoms with van der Waals surface area (Å²) in [5.41, 5.74) is -0.121. The van der Waals surface area contributed by atoms with Gasteiger partial charge >= 0.3 is 6.18 Å². The molecule has 4 heterocycles. The molecular weight excluding hydrogens is 482 g/mol. The lowest BCUT2D eigenvalue weighted by Gasteiger charge is -2.42. The van der Waals surface area contributed by atoms with Gasteiger partial charge < -0.3 is 19.5 Å². The van der Waals surface area contributed by atoms with Crippen molar-refractivity contribution in [1.29, 1.82) is 0 Å². The van der Waals surface area contributed by atoms with Crippen LogP contribution in [0, 0.1) is 5.82 Å². The van der Waals surface area contributed by atoms with Gasteiger partial charge in [0.05, 0.1) is 19.4 Å². The number of aromatic nitrogens is 2. The summed E-state index contributed by atoms with van der Waals surface area (Å²) in [6.45, 7) is 1.62. The molecule has 2 aromatic rings. The highest BCUT2D eigenvalue weighted by atomic mass is 32.2. The van der Waals surface area contributed by atoms with E-state index in [1.165, 1.54) is 12.1 Å². The van der Waals surface area contributed by atoms with Crippen LogP contribution in [0.4, 0.5) is 29.1 Å². The van der Waals surface area contributed by atoms with Crippen molar-refractivity contribution in [2.75, 3.05) is 49.2 Å². The second-order valence-electron chi connectivity index (χ2n) is 8.16. The minimum atomic E-state index is -4.81. The summed E-state index contributed by atoms with van der Waals surface area (Å²) in [4.78, 5) is 20.6. The molecule has 0 spiro atoms. The van der Waals surface area contributed by atoms with Crippen LogP contribution in [0.1, 0.15) is 6.92 Å². The van der Waals surface area contributed by atoms with Crippen LogP contribution in [0.5, 0.6) is 0 Å². The summed E-state index contributed by atoms with van der Waals surface area (Å²) in [6, 6.07) is 1.17. The zero-order valence-electron chi connectivity index (χ0n) is 18.1. The fourth-order valence-corrected chi connectivity index (χ4v) is 5.59. The molecule has 34 heavy (non-hydrogen) atoms. The summed E-state index contributed by atoms with van der Waals surface area (Å²) in [6.07, 6.45) is -3.13. The number of rotatable bonds is 4. The fraction of sp³-hybridized carbons (Fsp3) is 0.500. The van der Waals surface area contributed by atoms with Crippen molar-refractivity contribution in [3.63, 3.8) is 0 Å². The molecule has 9 nitrogen and oxygen atoms in total. The van der Waals surface area contributed by atoms with E-state index in [1.54, 1.807) is 0 Å². The van der Waals surface area contributed by atoms with Crippen molar-refractivity contribution < 1.29 is 30.7 Å². The van der Waals surface area contributed by atoms with Crippen LogP contribution in [-0.4, -0.2) is 80.3 Å². The maximum Gasteiger partial charge on any atom is 0.410 e. The molecule has 2 aromatic heterocycles. The second-order valence-corrected chi connectivity index (χ2v) is 10.1. The quantitative estimate of drug-likeness (QED) is 0.630. The first-order valence-electron chi connectivity index (χ1n) is 10.5. The van der Waals surface area contributed by atoms with Crippen molar-refractivity contribution in [3.8, 4) is 0 Å². The zero-order valence-corrected chi connectivity index (χ0v) is 18.9. The number of morpholine rings is 1. The first-order valence-corrected chi connectivity index (χ1v) is 11.9. The second kappa shape index (κ2) is 9.15. The molecule has 2 fully saturated rings. The first-order chi connectivity index (χ1) is 16.0. The number of nitrogens with zero attached hydrogens (tertiary/aromatic N) is 4. The number of H-pyrrole nitrogens is 1. The number of sulfonamides is 1. The summed E-state index contributed by atoms with van der Waals surface area (Å²) >= 11 is 0. The topological polar surface area (TPSA) is 98.8 Å². The molecule has 2 aliphatic heterocycles. The third kappa shape index (κ3) is 4.88. The monoisotopic (exact) mass is 505 g/mol. The molecule has 1 unspecified atom stereocenters. The predicted molar refractivity (Wildman–Crippen MR) is 115 cm³/mol. The Morgan fingerprint density at radius 1 is 1.12 bits per heavy atom. The lowest BCUT2D eigenvalue weighted by molar-refractivity contribution is -0.153. The van der Waals surface area contributed by atoms with Gasteiger partial charge in [-0.2, -0.15) is 17.5 Å². The van der Waals surface area contributed by atoms with Gasteiger partial charge in [0.1, 0.15) is 22.6 Å². The molecule has 0 saturated carbocycles. The Morgan fingerprint density at radius 3 is 2.56 bits per heavy atom. The van der Waals surface area contributed by atoms with Gasteiger partial charge in [0.15, 0.2) is 0 Å². The smallest absolute Gasteiger partial charge is 0.377 e. The number of nitrogens with one attached hydrogen (secondary N) is 1. The van der Waals surface area contributed by atoms with Gasteiger partial charge in [-0.1, -0.05) is 0 Å². The molecule has 2 saturated heterocycles. The van der Waals surface area contributed by atoms with Crippen molar-refractivity contribution in [2.24, 2.45) is 0 Å². The van der Waals surface area contributed by atoms with E-state index in [4.69, 9.17) is 4.74 Å². The highest BCUT2D eigenvalue weighted by molar-refractivity contribution is 7.89. The van der Waals surface area contributed by atoms with E-state index in [0.717, 1.165) is 17.3 Å². The standard InChI is InChI=1S/C20H23F4N5O4S/c1-13-12-33-5-4-28(13)15-7-18(26-19(30)8-15)29-3-2-27(11-17(29)20(22,23)24)34(31,32)16-6-14(21)9-25-10-16/h6-10,13,17H,2-5,11-12H2,1H3,(H,26,30)/t13-,17?/m1/s1. The Balaban J connectivity index is 1.66. The molecule has 0 aromatic carbocycles. The average Bonchev–Trinajstić information content (AvgIpc) is 2.78. The number of anilines is 2. The van der Waals surface area contributed by atoms with E-state index >= 15 is 0 Å². The highest BCUT2D eigenvalue weighted by Crippen LogP contribution is 2.33. The largest absolute Gasteiger partial charge is 0.410 e. The number of pyridine rings is 2. The minimum Gasteiger partial charge on any atom is -0.377 e. The number of hydrogen-bond acceptors (Lipinski definition) is 7.